The van der Waals surface area contributed by atoms with Gasteiger partial charge >= 0.3 is 5.97 Å². The van der Waals surface area contributed by atoms with Crippen LogP contribution in [-0.2, 0) is 6.42 Å². The van der Waals surface area contributed by atoms with E-state index in [-0.39, 0.29) is 5.56 Å². The maximum Gasteiger partial charge on any atom is 0.337 e. The quantitative estimate of drug-likeness (QED) is 0.757. The second kappa shape index (κ2) is 4.34. The molecular weight excluding hydrogens is 268 g/mol. The molecule has 104 valence electrons. The third kappa shape index (κ3) is 1.86. The molecule has 0 amide bonds. The molecule has 5 heteroatoms. The van der Waals surface area contributed by atoms with Gasteiger partial charge in [0.15, 0.2) is 0 Å². The molecule has 0 aliphatic carbocycles. The molecule has 0 saturated carbocycles. The van der Waals surface area contributed by atoms with Crippen LogP contribution < -0.4 is 4.74 Å². The number of aromatic amines is 1. The summed E-state index contributed by atoms with van der Waals surface area (Å²) in [6, 6.07) is 11.0. The molecule has 2 aromatic carbocycles. The van der Waals surface area contributed by atoms with Crippen molar-refractivity contribution in [3.8, 4) is 17.1 Å². The third-order valence-electron chi connectivity index (χ3n) is 3.71. The van der Waals surface area contributed by atoms with Crippen LogP contribution in [0.5, 0.6) is 5.75 Å². The molecular formula is C16H12N2O3. The van der Waals surface area contributed by atoms with E-state index in [1.54, 1.807) is 12.1 Å². The van der Waals surface area contributed by atoms with Crippen molar-refractivity contribution in [1.29, 1.82) is 0 Å². The highest BCUT2D eigenvalue weighted by molar-refractivity contribution is 6.01. The van der Waals surface area contributed by atoms with E-state index in [0.717, 1.165) is 28.8 Å². The van der Waals surface area contributed by atoms with Gasteiger partial charge in [0, 0.05) is 12.0 Å². The average molecular weight is 280 g/mol. The zero-order chi connectivity index (χ0) is 14.4. The highest BCUT2D eigenvalue weighted by Gasteiger charge is 2.16. The number of hydrogen-bond acceptors (Lipinski definition) is 3. The number of aromatic carboxylic acids is 1. The lowest BCUT2D eigenvalue weighted by Gasteiger charge is -2.01. The summed E-state index contributed by atoms with van der Waals surface area (Å²) in [6.07, 6.45) is 0.893. The molecule has 2 N–H and O–H groups in total. The van der Waals surface area contributed by atoms with Crippen LogP contribution in [0.2, 0.25) is 0 Å². The number of benzene rings is 2. The second-order valence-electron chi connectivity index (χ2n) is 5.01. The average Bonchev–Trinajstić information content (AvgIpc) is 3.11. The summed E-state index contributed by atoms with van der Waals surface area (Å²) in [4.78, 5) is 18.9. The molecule has 1 aliphatic rings. The van der Waals surface area contributed by atoms with Crippen molar-refractivity contribution < 1.29 is 14.6 Å². The van der Waals surface area contributed by atoms with Crippen LogP contribution in [0, 0.1) is 0 Å². The zero-order valence-corrected chi connectivity index (χ0v) is 11.1. The van der Waals surface area contributed by atoms with E-state index < -0.39 is 5.97 Å². The van der Waals surface area contributed by atoms with Crippen LogP contribution in [0.1, 0.15) is 15.9 Å². The first kappa shape index (κ1) is 12.0. The topological polar surface area (TPSA) is 75.2 Å². The fraction of sp³-hybridized carbons (Fsp3) is 0.125. The minimum absolute atomic E-state index is 0.208. The van der Waals surface area contributed by atoms with E-state index in [0.29, 0.717) is 17.9 Å². The lowest BCUT2D eigenvalue weighted by atomic mass is 10.1. The van der Waals surface area contributed by atoms with Crippen molar-refractivity contribution in [2.45, 2.75) is 6.42 Å². The van der Waals surface area contributed by atoms with Crippen molar-refractivity contribution >= 4 is 17.0 Å². The van der Waals surface area contributed by atoms with E-state index in [1.165, 1.54) is 0 Å². The largest absolute Gasteiger partial charge is 0.493 e. The van der Waals surface area contributed by atoms with Crippen LogP contribution in [0.25, 0.3) is 22.4 Å². The number of fused-ring (bicyclic) bond motifs is 2. The number of imidazole rings is 1. The van der Waals surface area contributed by atoms with Gasteiger partial charge in [-0.05, 0) is 35.9 Å². The molecule has 0 radical (unpaired) electrons. The second-order valence-corrected chi connectivity index (χ2v) is 5.01. The van der Waals surface area contributed by atoms with Gasteiger partial charge in [0.2, 0.25) is 0 Å². The molecule has 0 fully saturated rings. The molecule has 0 unspecified atom stereocenters. The summed E-state index contributed by atoms with van der Waals surface area (Å²) in [6.45, 7) is 0.710. The highest BCUT2D eigenvalue weighted by atomic mass is 16.5. The number of aromatic nitrogens is 2. The number of ether oxygens (including phenoxy) is 1. The van der Waals surface area contributed by atoms with Gasteiger partial charge in [-0.3, -0.25) is 0 Å². The maximum atomic E-state index is 11.2. The summed E-state index contributed by atoms with van der Waals surface area (Å²) in [7, 11) is 0. The minimum atomic E-state index is -0.971. The fourth-order valence-corrected chi connectivity index (χ4v) is 2.68. The van der Waals surface area contributed by atoms with Crippen molar-refractivity contribution in [2.75, 3.05) is 6.61 Å². The number of para-hydroxylation sites is 1. The lowest BCUT2D eigenvalue weighted by Crippen LogP contribution is -1.96. The number of rotatable bonds is 2. The Morgan fingerprint density at radius 1 is 1.29 bits per heavy atom. The van der Waals surface area contributed by atoms with Gasteiger partial charge in [0.25, 0.3) is 0 Å². The number of carboxylic acid groups (broad SMARTS) is 1. The molecule has 5 nitrogen and oxygen atoms in total. The Balaban J connectivity index is 1.87. The molecule has 21 heavy (non-hydrogen) atoms. The van der Waals surface area contributed by atoms with Crippen molar-refractivity contribution in [3.05, 3.63) is 47.5 Å². The Bertz CT molecular complexity index is 867. The maximum absolute atomic E-state index is 11.2. The van der Waals surface area contributed by atoms with Gasteiger partial charge in [0.05, 0.1) is 17.7 Å². The number of nitrogens with one attached hydrogen (secondary N) is 1. The standard InChI is InChI=1S/C16H12N2O3/c19-16(20)11-2-1-3-12-14(11)18-15(17-12)10-4-5-13-9(8-10)6-7-21-13/h1-5,8H,6-7H2,(H,17,18)(H,19,20). The van der Waals surface area contributed by atoms with Gasteiger partial charge in [-0.1, -0.05) is 6.07 Å². The van der Waals surface area contributed by atoms with Gasteiger partial charge in [0.1, 0.15) is 17.1 Å². The molecule has 0 saturated heterocycles. The molecule has 4 rings (SSSR count). The Hall–Kier alpha value is -2.82. The molecule has 0 atom stereocenters. The summed E-state index contributed by atoms with van der Waals surface area (Å²) in [5.74, 6) is 0.621. The Morgan fingerprint density at radius 3 is 3.05 bits per heavy atom. The first-order valence-corrected chi connectivity index (χ1v) is 6.70. The SMILES string of the molecule is O=C(O)c1cccc2[nH]c(-c3ccc4c(c3)CCO4)nc12. The van der Waals surface area contributed by atoms with Crippen LogP contribution in [0.4, 0.5) is 0 Å². The van der Waals surface area contributed by atoms with Crippen LogP contribution >= 0.6 is 0 Å². The van der Waals surface area contributed by atoms with Crippen molar-refractivity contribution in [1.82, 2.24) is 9.97 Å². The predicted octanol–water partition coefficient (Wildman–Crippen LogP) is 2.86. The first-order chi connectivity index (χ1) is 10.2. The number of H-pyrrole nitrogens is 1. The smallest absolute Gasteiger partial charge is 0.337 e. The van der Waals surface area contributed by atoms with E-state index >= 15 is 0 Å². The molecule has 1 aliphatic heterocycles. The van der Waals surface area contributed by atoms with E-state index in [2.05, 4.69) is 9.97 Å². The molecule has 1 aromatic heterocycles. The summed E-state index contributed by atoms with van der Waals surface area (Å²) >= 11 is 0. The van der Waals surface area contributed by atoms with Gasteiger partial charge in [-0.15, -0.1) is 0 Å². The fourth-order valence-electron chi connectivity index (χ4n) is 2.68. The van der Waals surface area contributed by atoms with Crippen molar-refractivity contribution in [2.24, 2.45) is 0 Å². The number of carbonyl (C=O) groups is 1. The van der Waals surface area contributed by atoms with Crippen molar-refractivity contribution in [3.63, 3.8) is 0 Å². The summed E-state index contributed by atoms with van der Waals surface area (Å²) in [5, 5.41) is 9.22. The van der Waals surface area contributed by atoms with Gasteiger partial charge in [-0.25, -0.2) is 9.78 Å². The summed E-state index contributed by atoms with van der Waals surface area (Å²) in [5.41, 5.74) is 3.51. The monoisotopic (exact) mass is 280 g/mol. The van der Waals surface area contributed by atoms with E-state index in [9.17, 15) is 9.90 Å². The summed E-state index contributed by atoms with van der Waals surface area (Å²) < 4.78 is 5.49. The third-order valence-corrected chi connectivity index (χ3v) is 3.71. The number of hydrogen-bond donors (Lipinski definition) is 2. The van der Waals surface area contributed by atoms with E-state index in [4.69, 9.17) is 4.74 Å². The normalized spacial score (nSPS) is 13.1. The van der Waals surface area contributed by atoms with Gasteiger partial charge < -0.3 is 14.8 Å². The highest BCUT2D eigenvalue weighted by Crippen LogP contribution is 2.30. The Kier molecular flexibility index (Phi) is 2.47. The minimum Gasteiger partial charge on any atom is -0.493 e. The first-order valence-electron chi connectivity index (χ1n) is 6.70. The van der Waals surface area contributed by atoms with Crippen LogP contribution in [0.3, 0.4) is 0 Å². The van der Waals surface area contributed by atoms with Crippen LogP contribution in [0.15, 0.2) is 36.4 Å². The molecule has 0 bridgehead atoms. The number of nitrogens with zero attached hydrogens (tertiary/aromatic N) is 1. The molecule has 0 spiro atoms. The molecule has 3 aromatic rings. The van der Waals surface area contributed by atoms with E-state index in [1.807, 2.05) is 24.3 Å². The Labute approximate surface area is 120 Å². The van der Waals surface area contributed by atoms with Crippen LogP contribution in [-0.4, -0.2) is 27.7 Å². The predicted molar refractivity (Wildman–Crippen MR) is 77.7 cm³/mol. The molecule has 2 heterocycles. The lowest BCUT2D eigenvalue weighted by molar-refractivity contribution is 0.0699. The number of carboxylic acids is 1. The Morgan fingerprint density at radius 2 is 2.19 bits per heavy atom. The zero-order valence-electron chi connectivity index (χ0n) is 11.1. The van der Waals surface area contributed by atoms with Gasteiger partial charge in [-0.2, -0.15) is 0 Å².